The van der Waals surface area contributed by atoms with Crippen molar-refractivity contribution < 1.29 is 13.6 Å². The molecule has 5 rings (SSSR count). The summed E-state index contributed by atoms with van der Waals surface area (Å²) in [6, 6.07) is 10.0. The molecule has 1 aliphatic carbocycles. The van der Waals surface area contributed by atoms with Crippen LogP contribution in [0, 0.1) is 17.2 Å². The van der Waals surface area contributed by atoms with Crippen molar-refractivity contribution in [2.75, 3.05) is 5.32 Å². The molecule has 0 saturated carbocycles. The number of rotatable bonds is 2. The highest BCUT2D eigenvalue weighted by Crippen LogP contribution is 2.46. The average molecular weight is 425 g/mol. The summed E-state index contributed by atoms with van der Waals surface area (Å²) in [5.41, 5.74) is 2.66. The van der Waals surface area contributed by atoms with Crippen molar-refractivity contribution in [3.8, 4) is 11.3 Å². The van der Waals surface area contributed by atoms with Gasteiger partial charge in [0.1, 0.15) is 22.3 Å². The number of furan rings is 1. The van der Waals surface area contributed by atoms with E-state index in [9.17, 15) is 9.18 Å². The summed E-state index contributed by atoms with van der Waals surface area (Å²) in [7, 11) is 0. The number of anilines is 1. The van der Waals surface area contributed by atoms with E-state index in [1.165, 1.54) is 16.5 Å². The first-order valence-electron chi connectivity index (χ1n) is 10.4. The molecule has 2 N–H and O–H groups in total. The molecule has 6 heteroatoms. The molecule has 156 valence electrons. The van der Waals surface area contributed by atoms with Gasteiger partial charge in [0.2, 0.25) is 0 Å². The normalized spacial score (nSPS) is 20.9. The van der Waals surface area contributed by atoms with Gasteiger partial charge < -0.3 is 15.1 Å². The summed E-state index contributed by atoms with van der Waals surface area (Å²) in [5, 5.41) is 7.36. The predicted octanol–water partition coefficient (Wildman–Crippen LogP) is 6.15. The van der Waals surface area contributed by atoms with Crippen molar-refractivity contribution in [2.45, 2.75) is 46.2 Å². The smallest absolute Gasteiger partial charge is 0.256 e. The second kappa shape index (κ2) is 6.98. The Balaban J connectivity index is 1.42. The molecule has 0 spiro atoms. The van der Waals surface area contributed by atoms with Crippen molar-refractivity contribution in [1.82, 2.24) is 5.32 Å². The third kappa shape index (κ3) is 3.23. The van der Waals surface area contributed by atoms with Gasteiger partial charge in [0.25, 0.3) is 5.91 Å². The summed E-state index contributed by atoms with van der Waals surface area (Å²) in [4.78, 5) is 14.3. The number of carbonyl (C=O) groups is 1. The fourth-order valence-corrected chi connectivity index (χ4v) is 5.85. The Bertz CT molecular complexity index is 1120. The molecule has 4 nitrogen and oxygen atoms in total. The van der Waals surface area contributed by atoms with Crippen molar-refractivity contribution in [1.29, 1.82) is 0 Å². The Kier molecular flexibility index (Phi) is 4.51. The molecular formula is C24H25FN2O2S. The monoisotopic (exact) mass is 424 g/mol. The molecular weight excluding hydrogens is 399 g/mol. The van der Waals surface area contributed by atoms with E-state index < -0.39 is 6.17 Å². The fourth-order valence-electron chi connectivity index (χ4n) is 4.49. The number of benzene rings is 1. The van der Waals surface area contributed by atoms with Gasteiger partial charge in [-0.25, -0.2) is 4.39 Å². The van der Waals surface area contributed by atoms with Crippen LogP contribution in [0.4, 0.5) is 9.39 Å². The first-order chi connectivity index (χ1) is 14.3. The van der Waals surface area contributed by atoms with Crippen LogP contribution in [0.3, 0.4) is 0 Å². The van der Waals surface area contributed by atoms with Gasteiger partial charge in [-0.15, -0.1) is 11.3 Å². The van der Waals surface area contributed by atoms with Crippen molar-refractivity contribution in [3.05, 3.63) is 64.0 Å². The molecule has 0 fully saturated rings. The number of hydrogen-bond donors (Lipinski definition) is 2. The quantitative estimate of drug-likeness (QED) is 0.519. The Hall–Kier alpha value is -2.60. The summed E-state index contributed by atoms with van der Waals surface area (Å²) in [5.74, 6) is 1.23. The fraction of sp³-hybridized carbons (Fsp3) is 0.375. The third-order valence-electron chi connectivity index (χ3n) is 6.32. The molecule has 2 unspecified atom stereocenters. The lowest BCUT2D eigenvalue weighted by molar-refractivity contribution is 0.0930. The minimum absolute atomic E-state index is 0.0655. The van der Waals surface area contributed by atoms with E-state index in [1.54, 1.807) is 41.7 Å². The lowest BCUT2D eigenvalue weighted by Gasteiger charge is -2.34. The zero-order valence-corrected chi connectivity index (χ0v) is 18.2. The minimum Gasteiger partial charge on any atom is -0.457 e. The summed E-state index contributed by atoms with van der Waals surface area (Å²) in [6.45, 7) is 6.88. The van der Waals surface area contributed by atoms with E-state index in [2.05, 4.69) is 31.4 Å². The molecule has 2 atom stereocenters. The largest absolute Gasteiger partial charge is 0.457 e. The second-order valence-corrected chi connectivity index (χ2v) is 10.4. The average Bonchev–Trinajstić information content (AvgIpc) is 3.31. The number of amides is 1. The Labute approximate surface area is 179 Å². The van der Waals surface area contributed by atoms with E-state index in [0.717, 1.165) is 29.8 Å². The van der Waals surface area contributed by atoms with Crippen LogP contribution < -0.4 is 10.6 Å². The highest BCUT2D eigenvalue weighted by Gasteiger charge is 2.37. The Morgan fingerprint density at radius 1 is 1.13 bits per heavy atom. The maximum absolute atomic E-state index is 14.1. The number of carbonyl (C=O) groups excluding carboxylic acids is 1. The second-order valence-electron chi connectivity index (χ2n) is 9.25. The number of nitrogens with one attached hydrogen (secondary N) is 2. The molecule has 1 aliphatic heterocycles. The van der Waals surface area contributed by atoms with Gasteiger partial charge in [-0.1, -0.05) is 32.9 Å². The van der Waals surface area contributed by atoms with Crippen LogP contribution in [0.25, 0.3) is 11.3 Å². The van der Waals surface area contributed by atoms with Crippen molar-refractivity contribution in [2.24, 2.45) is 11.3 Å². The van der Waals surface area contributed by atoms with Crippen LogP contribution >= 0.6 is 11.3 Å². The van der Waals surface area contributed by atoms with Crippen LogP contribution in [-0.4, -0.2) is 5.91 Å². The van der Waals surface area contributed by atoms with Crippen LogP contribution in [0.2, 0.25) is 0 Å². The Morgan fingerprint density at radius 2 is 1.93 bits per heavy atom. The molecule has 30 heavy (non-hydrogen) atoms. The molecule has 0 radical (unpaired) electrons. The third-order valence-corrected chi connectivity index (χ3v) is 7.50. The van der Waals surface area contributed by atoms with Gasteiger partial charge >= 0.3 is 0 Å². The van der Waals surface area contributed by atoms with E-state index in [0.29, 0.717) is 23.0 Å². The lowest BCUT2D eigenvalue weighted by atomic mass is 9.72. The summed E-state index contributed by atoms with van der Waals surface area (Å²) < 4.78 is 20.0. The van der Waals surface area contributed by atoms with Gasteiger partial charge in [-0.05, 0) is 60.4 Å². The predicted molar refractivity (Wildman–Crippen MR) is 117 cm³/mol. The molecule has 3 heterocycles. The van der Waals surface area contributed by atoms with Crippen LogP contribution in [0.15, 0.2) is 40.8 Å². The van der Waals surface area contributed by atoms with Gasteiger partial charge in [-0.3, -0.25) is 4.79 Å². The Morgan fingerprint density at radius 3 is 2.70 bits per heavy atom. The standard InChI is InChI=1S/C24H25FN2O2S/c1-24(2,3)13-8-9-15-19(12-13)30-23-20(15)22(28)26-21(27-23)18-11-10-17(29-18)14-6-4-5-7-16(14)25/h4-7,10-11,13,21,27H,8-9,12H2,1-3H3,(H,26,28). The first kappa shape index (κ1) is 19.4. The van der Waals surface area contributed by atoms with Gasteiger partial charge in [0, 0.05) is 4.88 Å². The number of thiophene rings is 1. The maximum Gasteiger partial charge on any atom is 0.256 e. The van der Waals surface area contributed by atoms with E-state index in [4.69, 9.17) is 4.42 Å². The number of halogens is 1. The highest BCUT2D eigenvalue weighted by molar-refractivity contribution is 7.16. The van der Waals surface area contributed by atoms with Crippen LogP contribution in [-0.2, 0) is 12.8 Å². The van der Waals surface area contributed by atoms with Crippen molar-refractivity contribution >= 4 is 22.2 Å². The van der Waals surface area contributed by atoms with Gasteiger partial charge in [0.05, 0.1) is 11.1 Å². The van der Waals surface area contributed by atoms with E-state index >= 15 is 0 Å². The molecule has 3 aromatic rings. The SMILES string of the molecule is CC(C)(C)C1CCc2c(sc3c2C(=O)NC(c2ccc(-c4ccccc4F)o2)N3)C1. The lowest BCUT2D eigenvalue weighted by Crippen LogP contribution is -2.38. The first-order valence-corrected chi connectivity index (χ1v) is 11.2. The molecule has 2 aromatic heterocycles. The number of hydrogen-bond acceptors (Lipinski definition) is 4. The van der Waals surface area contributed by atoms with E-state index in [1.807, 2.05) is 0 Å². The topological polar surface area (TPSA) is 54.3 Å². The van der Waals surface area contributed by atoms with Gasteiger partial charge in [0.15, 0.2) is 6.17 Å². The zero-order valence-electron chi connectivity index (χ0n) is 17.3. The maximum atomic E-state index is 14.1. The highest BCUT2D eigenvalue weighted by atomic mass is 32.1. The van der Waals surface area contributed by atoms with Gasteiger partial charge in [-0.2, -0.15) is 0 Å². The summed E-state index contributed by atoms with van der Waals surface area (Å²) in [6.07, 6.45) is 2.61. The molecule has 2 aliphatic rings. The summed E-state index contributed by atoms with van der Waals surface area (Å²) >= 11 is 1.69. The minimum atomic E-state index is -0.468. The zero-order chi connectivity index (χ0) is 21.0. The van der Waals surface area contributed by atoms with Crippen molar-refractivity contribution in [3.63, 3.8) is 0 Å². The molecule has 1 aromatic carbocycles. The van der Waals surface area contributed by atoms with Crippen LogP contribution in [0.1, 0.15) is 59.9 Å². The van der Waals surface area contributed by atoms with Crippen LogP contribution in [0.5, 0.6) is 0 Å². The molecule has 1 amide bonds. The molecule has 0 saturated heterocycles. The molecule has 0 bridgehead atoms. The number of fused-ring (bicyclic) bond motifs is 3. The van der Waals surface area contributed by atoms with E-state index in [-0.39, 0.29) is 17.1 Å².